The molecule has 3 N–H and O–H groups in total. The standard InChI is InChI=1S/C21H30F3N3O/c1-4-20(5-2,12-14-28)16-27-19(25-6-3)26-13-8-10-17-9-7-11-18(15-17)21(22,23)24/h7,9,11,15,28H,4-6,12-14,16H2,1-3H3,(H2,25,26,27). The van der Waals surface area contributed by atoms with Crippen LogP contribution in [0.3, 0.4) is 0 Å². The van der Waals surface area contributed by atoms with E-state index in [1.165, 1.54) is 6.07 Å². The lowest BCUT2D eigenvalue weighted by Gasteiger charge is -2.29. The average molecular weight is 397 g/mol. The lowest BCUT2D eigenvalue weighted by molar-refractivity contribution is -0.137. The van der Waals surface area contributed by atoms with Crippen LogP contribution in [0.5, 0.6) is 0 Å². The van der Waals surface area contributed by atoms with Crippen LogP contribution in [-0.4, -0.2) is 37.3 Å². The Bertz CT molecular complexity index is 686. The number of alkyl halides is 3. The first-order valence-electron chi connectivity index (χ1n) is 9.59. The van der Waals surface area contributed by atoms with Crippen molar-refractivity contribution in [1.29, 1.82) is 0 Å². The van der Waals surface area contributed by atoms with Crippen molar-refractivity contribution >= 4 is 5.96 Å². The van der Waals surface area contributed by atoms with Crippen LogP contribution in [0.25, 0.3) is 0 Å². The van der Waals surface area contributed by atoms with E-state index in [-0.39, 0.29) is 18.6 Å². The van der Waals surface area contributed by atoms with Crippen LogP contribution < -0.4 is 10.6 Å². The van der Waals surface area contributed by atoms with Crippen molar-refractivity contribution in [3.05, 3.63) is 35.4 Å². The van der Waals surface area contributed by atoms with Crippen molar-refractivity contribution in [3.8, 4) is 11.8 Å². The summed E-state index contributed by atoms with van der Waals surface area (Å²) in [7, 11) is 0. The van der Waals surface area contributed by atoms with Gasteiger partial charge in [-0.15, -0.1) is 0 Å². The summed E-state index contributed by atoms with van der Waals surface area (Å²) in [5.41, 5.74) is -0.431. The van der Waals surface area contributed by atoms with Gasteiger partial charge < -0.3 is 15.7 Å². The largest absolute Gasteiger partial charge is 0.416 e. The summed E-state index contributed by atoms with van der Waals surface area (Å²) in [5.74, 6) is 6.17. The summed E-state index contributed by atoms with van der Waals surface area (Å²) in [6.45, 7) is 7.78. The fourth-order valence-electron chi connectivity index (χ4n) is 2.78. The van der Waals surface area contributed by atoms with Crippen molar-refractivity contribution in [2.24, 2.45) is 10.4 Å². The highest BCUT2D eigenvalue weighted by atomic mass is 19.4. The normalized spacial score (nSPS) is 12.3. The Hall–Kier alpha value is -2.20. The number of hydrogen-bond acceptors (Lipinski definition) is 2. The predicted molar refractivity (Wildman–Crippen MR) is 107 cm³/mol. The van der Waals surface area contributed by atoms with Gasteiger partial charge in [0.25, 0.3) is 0 Å². The molecule has 0 radical (unpaired) electrons. The monoisotopic (exact) mass is 397 g/mol. The zero-order chi connectivity index (χ0) is 21.0. The second kappa shape index (κ2) is 11.6. The lowest BCUT2D eigenvalue weighted by Crippen LogP contribution is -2.38. The summed E-state index contributed by atoms with van der Waals surface area (Å²) in [5, 5.41) is 15.5. The molecule has 0 heterocycles. The van der Waals surface area contributed by atoms with Crippen molar-refractivity contribution in [1.82, 2.24) is 10.6 Å². The molecular weight excluding hydrogens is 367 g/mol. The highest BCUT2D eigenvalue weighted by Gasteiger charge is 2.30. The van der Waals surface area contributed by atoms with Crippen LogP contribution >= 0.6 is 0 Å². The number of guanidine groups is 1. The number of aliphatic imine (C=N–C) groups is 1. The summed E-state index contributed by atoms with van der Waals surface area (Å²) in [4.78, 5) is 4.60. The van der Waals surface area contributed by atoms with Gasteiger partial charge in [-0.1, -0.05) is 31.8 Å². The Labute approximate surface area is 165 Å². The Morgan fingerprint density at radius 1 is 1.14 bits per heavy atom. The molecule has 0 saturated heterocycles. The van der Waals surface area contributed by atoms with E-state index in [0.29, 0.717) is 31.0 Å². The van der Waals surface area contributed by atoms with Crippen LogP contribution in [0.15, 0.2) is 29.3 Å². The van der Waals surface area contributed by atoms with Crippen molar-refractivity contribution in [2.45, 2.75) is 46.2 Å². The molecule has 28 heavy (non-hydrogen) atoms. The van der Waals surface area contributed by atoms with Gasteiger partial charge in [-0.05, 0) is 49.8 Å². The Morgan fingerprint density at radius 3 is 2.43 bits per heavy atom. The quantitative estimate of drug-likeness (QED) is 0.355. The number of aliphatic hydroxyl groups is 1. The minimum atomic E-state index is -4.37. The van der Waals surface area contributed by atoms with E-state index < -0.39 is 11.7 Å². The highest BCUT2D eigenvalue weighted by Crippen LogP contribution is 2.31. The Balaban J connectivity index is 2.76. The Morgan fingerprint density at radius 2 is 1.86 bits per heavy atom. The van der Waals surface area contributed by atoms with Gasteiger partial charge in [0.15, 0.2) is 5.96 Å². The van der Waals surface area contributed by atoms with Gasteiger partial charge in [0.05, 0.1) is 12.1 Å². The number of halogens is 3. The third-order valence-electron chi connectivity index (χ3n) is 4.83. The molecule has 0 aliphatic heterocycles. The van der Waals surface area contributed by atoms with Gasteiger partial charge in [0, 0.05) is 25.3 Å². The molecule has 0 spiro atoms. The molecule has 0 amide bonds. The molecule has 0 unspecified atom stereocenters. The topological polar surface area (TPSA) is 56.7 Å². The maximum Gasteiger partial charge on any atom is 0.416 e. The van der Waals surface area contributed by atoms with Crippen LogP contribution in [0.4, 0.5) is 13.2 Å². The number of benzene rings is 1. The molecule has 0 aliphatic carbocycles. The zero-order valence-corrected chi connectivity index (χ0v) is 16.8. The van der Waals surface area contributed by atoms with Gasteiger partial charge in [0.1, 0.15) is 0 Å². The maximum absolute atomic E-state index is 12.7. The Kier molecular flexibility index (Phi) is 9.88. The van der Waals surface area contributed by atoms with Gasteiger partial charge in [-0.2, -0.15) is 13.2 Å². The van der Waals surface area contributed by atoms with E-state index in [0.717, 1.165) is 25.0 Å². The van der Waals surface area contributed by atoms with E-state index in [9.17, 15) is 18.3 Å². The molecule has 0 bridgehead atoms. The van der Waals surface area contributed by atoms with Crippen LogP contribution in [0.1, 0.15) is 51.2 Å². The predicted octanol–water partition coefficient (Wildman–Crippen LogP) is 3.80. The first-order chi connectivity index (χ1) is 13.3. The van der Waals surface area contributed by atoms with Gasteiger partial charge in [-0.25, -0.2) is 0 Å². The van der Waals surface area contributed by atoms with Crippen LogP contribution in [0.2, 0.25) is 0 Å². The van der Waals surface area contributed by atoms with Gasteiger partial charge in [0.2, 0.25) is 0 Å². The smallest absolute Gasteiger partial charge is 0.396 e. The highest BCUT2D eigenvalue weighted by molar-refractivity contribution is 5.80. The zero-order valence-electron chi connectivity index (χ0n) is 16.8. The molecule has 156 valence electrons. The molecule has 0 aromatic heterocycles. The van der Waals surface area contributed by atoms with Crippen LogP contribution in [0, 0.1) is 17.3 Å². The van der Waals surface area contributed by atoms with Crippen molar-refractivity contribution < 1.29 is 18.3 Å². The minimum absolute atomic E-state index is 0.0409. The van der Waals surface area contributed by atoms with E-state index in [1.807, 2.05) is 6.92 Å². The molecule has 1 aromatic rings. The first kappa shape index (κ1) is 23.8. The van der Waals surface area contributed by atoms with Gasteiger partial charge >= 0.3 is 6.18 Å². The molecule has 7 heteroatoms. The van der Waals surface area contributed by atoms with Crippen molar-refractivity contribution in [3.63, 3.8) is 0 Å². The summed E-state index contributed by atoms with van der Waals surface area (Å²) >= 11 is 0. The lowest BCUT2D eigenvalue weighted by atomic mass is 9.79. The SMILES string of the molecule is CCNC(=NCC(CC)(CC)CCO)NCC#Cc1cccc(C(F)(F)F)c1. The van der Waals surface area contributed by atoms with Crippen LogP contribution in [-0.2, 0) is 6.18 Å². The van der Waals surface area contributed by atoms with E-state index in [2.05, 4.69) is 41.3 Å². The summed E-state index contributed by atoms with van der Waals surface area (Å²) < 4.78 is 38.2. The number of rotatable bonds is 8. The molecule has 0 atom stereocenters. The number of nitrogens with one attached hydrogen (secondary N) is 2. The molecule has 1 aromatic carbocycles. The minimum Gasteiger partial charge on any atom is -0.396 e. The number of nitrogens with zero attached hydrogens (tertiary/aromatic N) is 1. The molecule has 0 aliphatic rings. The first-order valence-corrected chi connectivity index (χ1v) is 9.59. The number of hydrogen-bond donors (Lipinski definition) is 3. The van der Waals surface area contributed by atoms with E-state index in [4.69, 9.17) is 0 Å². The van der Waals surface area contributed by atoms with E-state index in [1.54, 1.807) is 6.07 Å². The average Bonchev–Trinajstić information content (AvgIpc) is 2.68. The molecule has 1 rings (SSSR count). The number of aliphatic hydroxyl groups excluding tert-OH is 1. The fraction of sp³-hybridized carbons (Fsp3) is 0.571. The fourth-order valence-corrected chi connectivity index (χ4v) is 2.78. The molecule has 0 fully saturated rings. The third kappa shape index (κ3) is 7.81. The molecule has 0 saturated carbocycles. The maximum atomic E-state index is 12.7. The summed E-state index contributed by atoms with van der Waals surface area (Å²) in [6.07, 6.45) is -1.84. The molecular formula is C21H30F3N3O. The van der Waals surface area contributed by atoms with Gasteiger partial charge in [-0.3, -0.25) is 4.99 Å². The molecule has 4 nitrogen and oxygen atoms in total. The summed E-state index contributed by atoms with van der Waals surface area (Å²) in [6, 6.07) is 4.97. The van der Waals surface area contributed by atoms with E-state index >= 15 is 0 Å². The second-order valence-electron chi connectivity index (χ2n) is 6.61. The second-order valence-corrected chi connectivity index (χ2v) is 6.61. The van der Waals surface area contributed by atoms with Crippen molar-refractivity contribution in [2.75, 3.05) is 26.2 Å². The third-order valence-corrected chi connectivity index (χ3v) is 4.83.